The summed E-state index contributed by atoms with van der Waals surface area (Å²) in [6, 6.07) is -3.19. The molecule has 0 bridgehead atoms. The molecule has 1 saturated heterocycles. The average molecular weight is 597 g/mol. The van der Waals surface area contributed by atoms with Crippen molar-refractivity contribution in [2.24, 2.45) is 23.2 Å². The van der Waals surface area contributed by atoms with Gasteiger partial charge in [0.05, 0.1) is 6.04 Å². The predicted octanol–water partition coefficient (Wildman–Crippen LogP) is 3.34. The van der Waals surface area contributed by atoms with E-state index in [-0.39, 0.29) is 49.6 Å². The van der Waals surface area contributed by atoms with Gasteiger partial charge in [-0.05, 0) is 63.2 Å². The number of Topliss-reactive ketones (excluding diaryl/α,β-unsaturated/α-hetero) is 1. The van der Waals surface area contributed by atoms with E-state index < -0.39 is 78.0 Å². The van der Waals surface area contributed by atoms with Crippen LogP contribution in [0.3, 0.4) is 0 Å². The number of fused-ring (bicyclic) bond motifs is 1. The summed E-state index contributed by atoms with van der Waals surface area (Å²) in [5, 5.41) is 7.78. The van der Waals surface area contributed by atoms with E-state index in [1.54, 1.807) is 20.8 Å². The van der Waals surface area contributed by atoms with Crippen LogP contribution in [0.5, 0.6) is 0 Å². The highest BCUT2D eigenvalue weighted by Crippen LogP contribution is 2.65. The number of ether oxygens (including phenoxy) is 1. The number of hydrogen-bond donors (Lipinski definition) is 3. The van der Waals surface area contributed by atoms with Gasteiger partial charge < -0.3 is 25.6 Å². The Bertz CT molecular complexity index is 1080. The highest BCUT2D eigenvalue weighted by atomic mass is 19.3. The van der Waals surface area contributed by atoms with Gasteiger partial charge in [-0.15, -0.1) is 6.58 Å². The van der Waals surface area contributed by atoms with Crippen LogP contribution in [0.4, 0.5) is 13.6 Å². The summed E-state index contributed by atoms with van der Waals surface area (Å²) in [4.78, 5) is 67.3. The molecule has 2 saturated carbocycles. The molecule has 0 aromatic heterocycles. The van der Waals surface area contributed by atoms with Crippen molar-refractivity contribution in [3.8, 4) is 0 Å². The van der Waals surface area contributed by atoms with Crippen LogP contribution in [-0.4, -0.2) is 77.2 Å². The Balaban J connectivity index is 1.86. The summed E-state index contributed by atoms with van der Waals surface area (Å²) < 4.78 is 33.4. The second-order valence-corrected chi connectivity index (χ2v) is 13.4. The molecule has 3 fully saturated rings. The van der Waals surface area contributed by atoms with Crippen molar-refractivity contribution in [3.05, 3.63) is 12.7 Å². The topological polar surface area (TPSA) is 134 Å². The Hall–Kier alpha value is -3.05. The second kappa shape index (κ2) is 12.7. The minimum absolute atomic E-state index is 0.00582. The van der Waals surface area contributed by atoms with E-state index in [0.29, 0.717) is 6.42 Å². The number of carbonyl (C=O) groups excluding carboxylic acids is 5. The number of alkyl halides is 2. The molecular formula is C30H46F2N4O6. The second-order valence-electron chi connectivity index (χ2n) is 13.4. The summed E-state index contributed by atoms with van der Waals surface area (Å²) >= 11 is 0. The first-order chi connectivity index (χ1) is 19.4. The van der Waals surface area contributed by atoms with Gasteiger partial charge in [0.1, 0.15) is 17.7 Å². The number of hydrogen-bond acceptors (Lipinski definition) is 6. The molecule has 236 valence electrons. The Morgan fingerprint density at radius 1 is 1.10 bits per heavy atom. The molecule has 0 aromatic carbocycles. The van der Waals surface area contributed by atoms with Crippen LogP contribution in [0.1, 0.15) is 80.1 Å². The third-order valence-electron chi connectivity index (χ3n) is 8.77. The van der Waals surface area contributed by atoms with Crippen LogP contribution < -0.4 is 16.0 Å². The molecule has 10 nitrogen and oxygen atoms in total. The minimum Gasteiger partial charge on any atom is -0.444 e. The standard InChI is InChI=1S/C30H46F2N4O6/c1-8-10-19(23(37)25(39)33-15-9-2)34-24(38)22-20-18(29(20,6)7)16-36(22)26(40)21(35-27(41)42-28(3,4)5)17-11-13-30(31,32)14-12-17/h9,17-22H,2,8,10-16H2,1,3-7H3,(H,33,39)(H,34,38)(H,35,41)/t18-,19?,20-,21-,22-/m0/s1. The number of likely N-dealkylation sites (tertiary alicyclic amines) is 1. The van der Waals surface area contributed by atoms with Crippen LogP contribution >= 0.6 is 0 Å². The zero-order valence-electron chi connectivity index (χ0n) is 25.6. The number of nitrogens with zero attached hydrogens (tertiary/aromatic N) is 1. The lowest BCUT2D eigenvalue weighted by atomic mass is 9.81. The van der Waals surface area contributed by atoms with Crippen LogP contribution in [-0.2, 0) is 23.9 Å². The quantitative estimate of drug-likeness (QED) is 0.248. The third-order valence-corrected chi connectivity index (χ3v) is 8.77. The number of carbonyl (C=O) groups is 5. The number of amides is 4. The Morgan fingerprint density at radius 2 is 1.71 bits per heavy atom. The SMILES string of the molecule is C=CCNC(=O)C(=O)C(CCC)NC(=O)[C@@H]1[C@@H]2[C@H](CN1C(=O)[C@@H](NC(=O)OC(C)(C)C)C1CCC(F)(F)CC1)C2(C)C. The van der Waals surface area contributed by atoms with Gasteiger partial charge in [-0.1, -0.05) is 33.3 Å². The molecule has 1 aliphatic heterocycles. The Morgan fingerprint density at radius 3 is 2.26 bits per heavy atom. The molecule has 42 heavy (non-hydrogen) atoms. The van der Waals surface area contributed by atoms with Crippen molar-refractivity contribution in [2.45, 2.75) is 110 Å². The first-order valence-electron chi connectivity index (χ1n) is 14.8. The number of nitrogens with one attached hydrogen (secondary N) is 3. The van der Waals surface area contributed by atoms with E-state index in [1.807, 2.05) is 20.8 Å². The first kappa shape index (κ1) is 33.5. The minimum atomic E-state index is -2.84. The maximum absolute atomic E-state index is 14.1. The van der Waals surface area contributed by atoms with Crippen LogP contribution in [0.25, 0.3) is 0 Å². The van der Waals surface area contributed by atoms with Crippen molar-refractivity contribution in [2.75, 3.05) is 13.1 Å². The zero-order valence-corrected chi connectivity index (χ0v) is 25.6. The monoisotopic (exact) mass is 596 g/mol. The van der Waals surface area contributed by atoms with Gasteiger partial charge >= 0.3 is 6.09 Å². The summed E-state index contributed by atoms with van der Waals surface area (Å²) in [5.41, 5.74) is -1.09. The van der Waals surface area contributed by atoms with Gasteiger partial charge in [0.15, 0.2) is 0 Å². The van der Waals surface area contributed by atoms with E-state index in [1.165, 1.54) is 11.0 Å². The summed E-state index contributed by atoms with van der Waals surface area (Å²) in [5.74, 6) is -6.33. The lowest BCUT2D eigenvalue weighted by molar-refractivity contribution is -0.145. The Labute approximate surface area is 246 Å². The van der Waals surface area contributed by atoms with Crippen molar-refractivity contribution in [1.29, 1.82) is 0 Å². The molecule has 0 spiro atoms. The highest BCUT2D eigenvalue weighted by molar-refractivity contribution is 6.38. The van der Waals surface area contributed by atoms with Crippen LogP contribution in [0, 0.1) is 23.2 Å². The fraction of sp³-hybridized carbons (Fsp3) is 0.767. The molecule has 0 radical (unpaired) electrons. The molecule has 3 N–H and O–H groups in total. The predicted molar refractivity (Wildman–Crippen MR) is 151 cm³/mol. The molecule has 1 heterocycles. The smallest absolute Gasteiger partial charge is 0.408 e. The zero-order chi connectivity index (χ0) is 31.6. The van der Waals surface area contributed by atoms with E-state index in [4.69, 9.17) is 4.74 Å². The van der Waals surface area contributed by atoms with Crippen LogP contribution in [0.2, 0.25) is 0 Å². The summed E-state index contributed by atoms with van der Waals surface area (Å²) in [7, 11) is 0. The van der Waals surface area contributed by atoms with Gasteiger partial charge in [0, 0.05) is 25.9 Å². The molecule has 5 atom stereocenters. The maximum atomic E-state index is 14.1. The number of rotatable bonds is 11. The average Bonchev–Trinajstić information content (AvgIpc) is 3.21. The first-order valence-corrected chi connectivity index (χ1v) is 14.8. The number of ketones is 1. The molecule has 1 unspecified atom stereocenters. The fourth-order valence-electron chi connectivity index (χ4n) is 6.43. The number of alkyl carbamates (subject to hydrolysis) is 1. The molecule has 3 aliphatic rings. The molecule has 3 rings (SSSR count). The van der Waals surface area contributed by atoms with Gasteiger partial charge in [0.2, 0.25) is 23.5 Å². The fourth-order valence-corrected chi connectivity index (χ4v) is 6.43. The maximum Gasteiger partial charge on any atom is 0.408 e. The van der Waals surface area contributed by atoms with Crippen LogP contribution in [0.15, 0.2) is 12.7 Å². The number of piperidine rings is 1. The van der Waals surface area contributed by atoms with Crippen molar-refractivity contribution < 1.29 is 37.5 Å². The van der Waals surface area contributed by atoms with Crippen molar-refractivity contribution >= 4 is 29.6 Å². The molecule has 4 amide bonds. The van der Waals surface area contributed by atoms with E-state index in [2.05, 4.69) is 22.5 Å². The lowest BCUT2D eigenvalue weighted by Gasteiger charge is -2.38. The Kier molecular flexibility index (Phi) is 10.1. The van der Waals surface area contributed by atoms with Gasteiger partial charge in [-0.2, -0.15) is 0 Å². The lowest BCUT2D eigenvalue weighted by Crippen LogP contribution is -2.60. The largest absolute Gasteiger partial charge is 0.444 e. The third kappa shape index (κ3) is 7.66. The van der Waals surface area contributed by atoms with E-state index in [0.717, 1.165) is 0 Å². The van der Waals surface area contributed by atoms with Crippen molar-refractivity contribution in [3.63, 3.8) is 0 Å². The highest BCUT2D eigenvalue weighted by Gasteiger charge is 2.69. The molecular weight excluding hydrogens is 550 g/mol. The number of halogens is 2. The molecule has 12 heteroatoms. The van der Waals surface area contributed by atoms with E-state index in [9.17, 15) is 32.8 Å². The molecule has 2 aliphatic carbocycles. The summed E-state index contributed by atoms with van der Waals surface area (Å²) in [6.45, 7) is 14.7. The molecule has 0 aromatic rings. The normalized spacial score (nSPS) is 25.8. The van der Waals surface area contributed by atoms with Gasteiger partial charge in [0.25, 0.3) is 5.91 Å². The van der Waals surface area contributed by atoms with Gasteiger partial charge in [-0.25, -0.2) is 13.6 Å². The van der Waals surface area contributed by atoms with E-state index >= 15 is 0 Å². The van der Waals surface area contributed by atoms with Gasteiger partial charge in [-0.3, -0.25) is 19.2 Å². The summed E-state index contributed by atoms with van der Waals surface area (Å²) in [6.07, 6.45) is 0.564. The van der Waals surface area contributed by atoms with Crippen molar-refractivity contribution in [1.82, 2.24) is 20.9 Å².